The van der Waals surface area contributed by atoms with E-state index in [0.717, 1.165) is 20.7 Å². The fraction of sp³-hybridized carbons (Fsp3) is 0.438. The molecule has 0 unspecified atom stereocenters. The van der Waals surface area contributed by atoms with Crippen molar-refractivity contribution < 1.29 is 13.2 Å². The minimum absolute atomic E-state index is 0.202. The summed E-state index contributed by atoms with van der Waals surface area (Å²) < 4.78 is 26.4. The molecule has 0 saturated heterocycles. The van der Waals surface area contributed by atoms with Crippen LogP contribution in [-0.4, -0.2) is 42.6 Å². The topological polar surface area (TPSA) is 92.3 Å². The molecule has 154 valence electrons. The van der Waals surface area contributed by atoms with Crippen molar-refractivity contribution >= 4 is 73.0 Å². The van der Waals surface area contributed by atoms with Gasteiger partial charge in [0.1, 0.15) is 6.04 Å². The predicted molar refractivity (Wildman–Crippen MR) is 117 cm³/mol. The number of hydrogen-bond acceptors (Lipinski definition) is 7. The van der Waals surface area contributed by atoms with E-state index in [1.165, 1.54) is 36.5 Å². The molecule has 1 N–H and O–H groups in total. The van der Waals surface area contributed by atoms with Gasteiger partial charge in [-0.3, -0.25) is 14.4 Å². The van der Waals surface area contributed by atoms with Crippen LogP contribution in [0.5, 0.6) is 0 Å². The van der Waals surface area contributed by atoms with Crippen LogP contribution in [0.25, 0.3) is 0 Å². The number of nitrogens with zero attached hydrogens (tertiary/aromatic N) is 3. The molecule has 0 aliphatic heterocycles. The lowest BCUT2D eigenvalue weighted by Crippen LogP contribution is -2.45. The van der Waals surface area contributed by atoms with Gasteiger partial charge in [-0.2, -0.15) is 0 Å². The summed E-state index contributed by atoms with van der Waals surface area (Å²) in [6, 6.07) is 3.29. The number of halogens is 2. The van der Waals surface area contributed by atoms with E-state index in [2.05, 4.69) is 29.4 Å². The molecule has 12 heteroatoms. The first-order chi connectivity index (χ1) is 13.0. The average molecular weight is 483 g/mol. The van der Waals surface area contributed by atoms with Crippen molar-refractivity contribution in [3.05, 3.63) is 28.2 Å². The summed E-state index contributed by atoms with van der Waals surface area (Å²) in [6.07, 6.45) is 1.01. The molecule has 0 spiro atoms. The van der Waals surface area contributed by atoms with Crippen LogP contribution >= 0.6 is 46.3 Å². The number of carbonyl (C=O) groups excluding carboxylic acids is 1. The normalized spacial score (nSPS) is 12.8. The fourth-order valence-electron chi connectivity index (χ4n) is 2.24. The number of carbonyl (C=O) groups is 1. The molecule has 1 atom stereocenters. The van der Waals surface area contributed by atoms with Gasteiger partial charge in [0.25, 0.3) is 0 Å². The standard InChI is InChI=1S/C16H20Cl2N4O3S3/c1-9(2)8-26-16-21-20-15(27-16)19-14(23)10(3)22(28(4,24)25)13-6-11(17)5-12(18)7-13/h5-7,9-10H,8H2,1-4H3,(H,19,20,23)/t10-/m1/s1. The highest BCUT2D eigenvalue weighted by Gasteiger charge is 2.30. The van der Waals surface area contributed by atoms with E-state index in [9.17, 15) is 13.2 Å². The van der Waals surface area contributed by atoms with Gasteiger partial charge in [-0.15, -0.1) is 10.2 Å². The lowest BCUT2D eigenvalue weighted by molar-refractivity contribution is -0.116. The molecule has 1 amide bonds. The van der Waals surface area contributed by atoms with E-state index in [1.807, 2.05) is 0 Å². The fourth-order valence-corrected chi connectivity index (χ4v) is 5.65. The molecular weight excluding hydrogens is 463 g/mol. The number of sulfonamides is 1. The third-order valence-corrected chi connectivity index (χ3v) is 7.44. The van der Waals surface area contributed by atoms with E-state index in [4.69, 9.17) is 23.2 Å². The highest BCUT2D eigenvalue weighted by atomic mass is 35.5. The quantitative estimate of drug-likeness (QED) is 0.442. The van der Waals surface area contributed by atoms with Crippen LogP contribution in [0.4, 0.5) is 10.8 Å². The molecule has 1 heterocycles. The Labute approximate surface area is 182 Å². The lowest BCUT2D eigenvalue weighted by atomic mass is 10.2. The second-order valence-electron chi connectivity index (χ2n) is 6.43. The maximum Gasteiger partial charge on any atom is 0.249 e. The Morgan fingerprint density at radius 2 is 1.82 bits per heavy atom. The Balaban J connectivity index is 2.20. The zero-order chi connectivity index (χ0) is 21.1. The number of anilines is 2. The lowest BCUT2D eigenvalue weighted by Gasteiger charge is -2.28. The van der Waals surface area contributed by atoms with E-state index in [0.29, 0.717) is 11.0 Å². The molecule has 7 nitrogen and oxygen atoms in total. The zero-order valence-corrected chi connectivity index (χ0v) is 19.6. The van der Waals surface area contributed by atoms with E-state index >= 15 is 0 Å². The van der Waals surface area contributed by atoms with Crippen LogP contribution in [0.15, 0.2) is 22.5 Å². The van der Waals surface area contributed by atoms with Gasteiger partial charge in [-0.25, -0.2) is 8.42 Å². The number of hydrogen-bond donors (Lipinski definition) is 1. The molecule has 0 fully saturated rings. The van der Waals surface area contributed by atoms with Crippen LogP contribution in [-0.2, 0) is 14.8 Å². The molecule has 1 aromatic carbocycles. The maximum absolute atomic E-state index is 12.7. The highest BCUT2D eigenvalue weighted by molar-refractivity contribution is 8.01. The molecule has 0 saturated carbocycles. The third-order valence-electron chi connectivity index (χ3n) is 3.37. The smallest absolute Gasteiger partial charge is 0.249 e. The summed E-state index contributed by atoms with van der Waals surface area (Å²) in [7, 11) is -3.78. The molecule has 0 aliphatic rings. The highest BCUT2D eigenvalue weighted by Crippen LogP contribution is 2.30. The van der Waals surface area contributed by atoms with Gasteiger partial charge in [0, 0.05) is 15.8 Å². The molecule has 1 aromatic heterocycles. The van der Waals surface area contributed by atoms with Crippen LogP contribution in [0, 0.1) is 5.92 Å². The predicted octanol–water partition coefficient (Wildman–Crippen LogP) is 4.39. The molecule has 0 radical (unpaired) electrons. The molecule has 2 aromatic rings. The van der Waals surface area contributed by atoms with E-state index < -0.39 is 22.0 Å². The maximum atomic E-state index is 12.7. The average Bonchev–Trinajstić information content (AvgIpc) is 2.98. The van der Waals surface area contributed by atoms with E-state index in [1.54, 1.807) is 11.8 Å². The number of rotatable bonds is 8. The monoisotopic (exact) mass is 482 g/mol. The van der Waals surface area contributed by atoms with Gasteiger partial charge in [0.05, 0.1) is 11.9 Å². The van der Waals surface area contributed by atoms with Crippen LogP contribution < -0.4 is 9.62 Å². The summed E-state index contributed by atoms with van der Waals surface area (Å²) in [4.78, 5) is 12.7. The zero-order valence-electron chi connectivity index (χ0n) is 15.6. The van der Waals surface area contributed by atoms with Crippen molar-refractivity contribution in [2.24, 2.45) is 5.92 Å². The van der Waals surface area contributed by atoms with Crippen molar-refractivity contribution in [1.82, 2.24) is 10.2 Å². The van der Waals surface area contributed by atoms with Gasteiger partial charge in [0.2, 0.25) is 21.1 Å². The van der Waals surface area contributed by atoms with Gasteiger partial charge < -0.3 is 0 Å². The number of thioether (sulfide) groups is 1. The number of benzene rings is 1. The molecular formula is C16H20Cl2N4O3S3. The van der Waals surface area contributed by atoms with Gasteiger partial charge in [-0.1, -0.05) is 60.1 Å². The Morgan fingerprint density at radius 1 is 1.21 bits per heavy atom. The first-order valence-electron chi connectivity index (χ1n) is 8.20. The largest absolute Gasteiger partial charge is 0.299 e. The summed E-state index contributed by atoms with van der Waals surface area (Å²) in [5.41, 5.74) is 0.202. The number of amides is 1. The Hall–Kier alpha value is -1.07. The summed E-state index contributed by atoms with van der Waals surface area (Å²) in [6.45, 7) is 5.67. The van der Waals surface area contributed by atoms with Crippen LogP contribution in [0.1, 0.15) is 20.8 Å². The van der Waals surface area contributed by atoms with Crippen LogP contribution in [0.3, 0.4) is 0 Å². The van der Waals surface area contributed by atoms with Gasteiger partial charge in [0.15, 0.2) is 4.34 Å². The van der Waals surface area contributed by atoms with Crippen molar-refractivity contribution in [3.63, 3.8) is 0 Å². The molecule has 0 bridgehead atoms. The van der Waals surface area contributed by atoms with Gasteiger partial charge in [-0.05, 0) is 31.0 Å². The SMILES string of the molecule is CC(C)CSc1nnc(NC(=O)[C@@H](C)N(c2cc(Cl)cc(Cl)c2)S(C)(=O)=O)s1. The minimum Gasteiger partial charge on any atom is -0.299 e. The van der Waals surface area contributed by atoms with Crippen molar-refractivity contribution in [3.8, 4) is 0 Å². The second kappa shape index (κ2) is 9.62. The number of aromatic nitrogens is 2. The van der Waals surface area contributed by atoms with Crippen LogP contribution in [0.2, 0.25) is 10.0 Å². The van der Waals surface area contributed by atoms with Crippen molar-refractivity contribution in [2.45, 2.75) is 31.2 Å². The first kappa shape index (κ1) is 23.2. The Kier molecular flexibility index (Phi) is 7.97. The van der Waals surface area contributed by atoms with Crippen molar-refractivity contribution in [1.29, 1.82) is 0 Å². The Bertz CT molecular complexity index is 930. The summed E-state index contributed by atoms with van der Waals surface area (Å²) >= 11 is 14.8. The van der Waals surface area contributed by atoms with Crippen molar-refractivity contribution in [2.75, 3.05) is 21.6 Å². The van der Waals surface area contributed by atoms with E-state index in [-0.39, 0.29) is 15.7 Å². The molecule has 0 aliphatic carbocycles. The molecule has 28 heavy (non-hydrogen) atoms. The number of nitrogens with one attached hydrogen (secondary N) is 1. The summed E-state index contributed by atoms with van der Waals surface area (Å²) in [5.74, 6) is 0.842. The Morgan fingerprint density at radius 3 is 2.36 bits per heavy atom. The minimum atomic E-state index is -3.78. The second-order valence-corrected chi connectivity index (χ2v) is 11.4. The summed E-state index contributed by atoms with van der Waals surface area (Å²) in [5, 5.41) is 11.4. The third kappa shape index (κ3) is 6.48. The first-order valence-corrected chi connectivity index (χ1v) is 12.6. The molecule has 2 rings (SSSR count). The van der Waals surface area contributed by atoms with Gasteiger partial charge >= 0.3 is 0 Å².